The van der Waals surface area contributed by atoms with Gasteiger partial charge in [-0.15, -0.1) is 0 Å². The van der Waals surface area contributed by atoms with Crippen LogP contribution in [0.15, 0.2) is 24.3 Å². The van der Waals surface area contributed by atoms with Crippen molar-refractivity contribution in [1.29, 1.82) is 0 Å². The number of aromatic nitrogens is 2. The van der Waals surface area contributed by atoms with Gasteiger partial charge in [0.2, 0.25) is 5.91 Å². The molecule has 7 heteroatoms. The molecule has 0 atom stereocenters. The fourth-order valence-electron chi connectivity index (χ4n) is 3.27. The number of hydrogen-bond donors (Lipinski definition) is 1. The van der Waals surface area contributed by atoms with Crippen molar-refractivity contribution in [3.63, 3.8) is 0 Å². The molecule has 1 aromatic heterocycles. The van der Waals surface area contributed by atoms with Crippen molar-refractivity contribution in [3.8, 4) is 0 Å². The van der Waals surface area contributed by atoms with Crippen LogP contribution in [0.5, 0.6) is 0 Å². The number of benzene rings is 1. The molecule has 3 rings (SSSR count). The van der Waals surface area contributed by atoms with Crippen molar-refractivity contribution in [2.45, 2.75) is 27.3 Å². The van der Waals surface area contributed by atoms with Gasteiger partial charge in [-0.2, -0.15) is 5.10 Å². The lowest BCUT2D eigenvalue weighted by Gasteiger charge is -2.28. The van der Waals surface area contributed by atoms with Crippen molar-refractivity contribution in [2.75, 3.05) is 36.5 Å². The summed E-state index contributed by atoms with van der Waals surface area (Å²) in [6.45, 7) is 8.41. The summed E-state index contributed by atoms with van der Waals surface area (Å²) in [5, 5.41) is 7.18. The summed E-state index contributed by atoms with van der Waals surface area (Å²) in [7, 11) is 0. The van der Waals surface area contributed by atoms with E-state index < -0.39 is 0 Å². The van der Waals surface area contributed by atoms with Crippen LogP contribution in [0, 0.1) is 13.8 Å². The number of hydrogen-bond acceptors (Lipinski definition) is 5. The lowest BCUT2D eigenvalue weighted by Crippen LogP contribution is -2.36. The maximum Gasteiger partial charge on any atom is 0.246 e. The Labute approximate surface area is 152 Å². The summed E-state index contributed by atoms with van der Waals surface area (Å²) >= 11 is 0. The largest absolute Gasteiger partial charge is 0.378 e. The summed E-state index contributed by atoms with van der Waals surface area (Å²) in [5.41, 5.74) is 3.81. The van der Waals surface area contributed by atoms with Gasteiger partial charge < -0.3 is 15.0 Å². The molecule has 2 heterocycles. The van der Waals surface area contributed by atoms with Gasteiger partial charge in [-0.25, -0.2) is 0 Å². The molecular weight excluding hydrogens is 332 g/mol. The zero-order valence-corrected chi connectivity index (χ0v) is 15.4. The van der Waals surface area contributed by atoms with Crippen molar-refractivity contribution in [3.05, 3.63) is 41.2 Å². The topological polar surface area (TPSA) is 76.5 Å². The van der Waals surface area contributed by atoms with E-state index in [0.29, 0.717) is 17.0 Å². The van der Waals surface area contributed by atoms with E-state index in [9.17, 15) is 9.59 Å². The van der Waals surface area contributed by atoms with E-state index in [0.717, 1.165) is 37.7 Å². The van der Waals surface area contributed by atoms with Crippen molar-refractivity contribution in [1.82, 2.24) is 9.78 Å². The van der Waals surface area contributed by atoms with E-state index in [1.165, 1.54) is 6.92 Å². The van der Waals surface area contributed by atoms with Crippen molar-refractivity contribution < 1.29 is 14.3 Å². The molecule has 1 aliphatic heterocycles. The number of morpholine rings is 1. The number of carbonyl (C=O) groups is 2. The van der Waals surface area contributed by atoms with Crippen LogP contribution in [0.1, 0.15) is 28.7 Å². The lowest BCUT2D eigenvalue weighted by atomic mass is 10.1. The first-order valence-corrected chi connectivity index (χ1v) is 8.73. The molecule has 1 N–H and O–H groups in total. The van der Waals surface area contributed by atoms with Crippen LogP contribution in [-0.4, -0.2) is 47.8 Å². The lowest BCUT2D eigenvalue weighted by molar-refractivity contribution is -0.116. The SMILES string of the molecule is CC(=O)c1c(C)nn(CC(=O)Nc2ccc(N3CCOCC3)cc2)c1C. The average molecular weight is 356 g/mol. The Morgan fingerprint density at radius 1 is 1.15 bits per heavy atom. The first-order chi connectivity index (χ1) is 12.5. The van der Waals surface area contributed by atoms with Crippen molar-refractivity contribution in [2.24, 2.45) is 0 Å². The first-order valence-electron chi connectivity index (χ1n) is 8.73. The Morgan fingerprint density at radius 2 is 1.81 bits per heavy atom. The summed E-state index contributed by atoms with van der Waals surface area (Å²) in [5.74, 6) is -0.213. The molecule has 0 saturated carbocycles. The molecule has 1 amide bonds. The fraction of sp³-hybridized carbons (Fsp3) is 0.421. The van der Waals surface area contributed by atoms with Crippen LogP contribution in [0.4, 0.5) is 11.4 Å². The van der Waals surface area contributed by atoms with Crippen LogP contribution < -0.4 is 10.2 Å². The predicted molar refractivity (Wildman–Crippen MR) is 99.8 cm³/mol. The zero-order chi connectivity index (χ0) is 18.7. The van der Waals surface area contributed by atoms with E-state index in [1.54, 1.807) is 18.5 Å². The molecule has 1 saturated heterocycles. The molecule has 0 spiro atoms. The Kier molecular flexibility index (Phi) is 5.37. The van der Waals surface area contributed by atoms with E-state index >= 15 is 0 Å². The van der Waals surface area contributed by atoms with Crippen LogP contribution in [-0.2, 0) is 16.1 Å². The van der Waals surface area contributed by atoms with Gasteiger partial charge in [0.25, 0.3) is 0 Å². The minimum absolute atomic E-state index is 0.0367. The number of nitrogens with zero attached hydrogens (tertiary/aromatic N) is 3. The van der Waals surface area contributed by atoms with Crippen molar-refractivity contribution >= 4 is 23.1 Å². The second kappa shape index (κ2) is 7.70. The second-order valence-corrected chi connectivity index (χ2v) is 6.45. The number of Topliss-reactive ketones (excluding diaryl/α,β-unsaturated/α-hetero) is 1. The minimum Gasteiger partial charge on any atom is -0.378 e. The Morgan fingerprint density at radius 3 is 2.38 bits per heavy atom. The van der Waals surface area contributed by atoms with Crippen LogP contribution in [0.3, 0.4) is 0 Å². The molecule has 0 unspecified atom stereocenters. The molecule has 1 aromatic carbocycles. The summed E-state index contributed by atoms with van der Waals surface area (Å²) in [6.07, 6.45) is 0. The maximum atomic E-state index is 12.3. The van der Waals surface area contributed by atoms with Gasteiger partial charge in [0.15, 0.2) is 5.78 Å². The molecule has 0 aliphatic carbocycles. The molecule has 2 aromatic rings. The number of nitrogens with one attached hydrogen (secondary N) is 1. The van der Waals surface area contributed by atoms with Gasteiger partial charge in [0.1, 0.15) is 6.54 Å². The Hall–Kier alpha value is -2.67. The normalized spacial score (nSPS) is 14.3. The molecule has 26 heavy (non-hydrogen) atoms. The van der Waals surface area contributed by atoms with E-state index in [2.05, 4.69) is 15.3 Å². The van der Waals surface area contributed by atoms with Gasteiger partial charge in [-0.3, -0.25) is 14.3 Å². The molecule has 1 fully saturated rings. The summed E-state index contributed by atoms with van der Waals surface area (Å²) in [4.78, 5) is 26.3. The van der Waals surface area contributed by atoms with Gasteiger partial charge >= 0.3 is 0 Å². The molecule has 0 bridgehead atoms. The molecule has 0 radical (unpaired) electrons. The fourth-order valence-corrected chi connectivity index (χ4v) is 3.27. The van der Waals surface area contributed by atoms with Gasteiger partial charge in [0.05, 0.1) is 24.5 Å². The molecule has 7 nitrogen and oxygen atoms in total. The highest BCUT2D eigenvalue weighted by molar-refractivity contribution is 5.96. The Bertz CT molecular complexity index is 805. The third kappa shape index (κ3) is 3.94. The number of rotatable bonds is 5. The van der Waals surface area contributed by atoms with E-state index in [1.807, 2.05) is 24.3 Å². The third-order valence-electron chi connectivity index (χ3n) is 4.55. The standard InChI is InChI=1S/C19H24N4O3/c1-13-19(15(3)24)14(2)23(21-13)12-18(25)20-16-4-6-17(7-5-16)22-8-10-26-11-9-22/h4-7H,8-12H2,1-3H3,(H,20,25). The van der Waals surface area contributed by atoms with Crippen LogP contribution in [0.25, 0.3) is 0 Å². The van der Waals surface area contributed by atoms with E-state index in [4.69, 9.17) is 4.74 Å². The highest BCUT2D eigenvalue weighted by Gasteiger charge is 2.17. The smallest absolute Gasteiger partial charge is 0.246 e. The zero-order valence-electron chi connectivity index (χ0n) is 15.4. The Balaban J connectivity index is 1.63. The number of ketones is 1. The van der Waals surface area contributed by atoms with Crippen LogP contribution >= 0.6 is 0 Å². The molecule has 1 aliphatic rings. The second-order valence-electron chi connectivity index (χ2n) is 6.45. The quantitative estimate of drug-likeness (QED) is 0.831. The van der Waals surface area contributed by atoms with E-state index in [-0.39, 0.29) is 18.2 Å². The number of aryl methyl sites for hydroxylation is 1. The molecule has 138 valence electrons. The third-order valence-corrected chi connectivity index (χ3v) is 4.55. The van der Waals surface area contributed by atoms with Gasteiger partial charge in [-0.1, -0.05) is 0 Å². The monoisotopic (exact) mass is 356 g/mol. The predicted octanol–water partition coefficient (Wildman–Crippen LogP) is 2.18. The molecular formula is C19H24N4O3. The van der Waals surface area contributed by atoms with Gasteiger partial charge in [-0.05, 0) is 45.0 Å². The highest BCUT2D eigenvalue weighted by atomic mass is 16.5. The highest BCUT2D eigenvalue weighted by Crippen LogP contribution is 2.19. The first kappa shape index (κ1) is 18.1. The van der Waals surface area contributed by atoms with Crippen LogP contribution in [0.2, 0.25) is 0 Å². The number of carbonyl (C=O) groups excluding carboxylic acids is 2. The summed E-state index contributed by atoms with van der Waals surface area (Å²) in [6, 6.07) is 7.78. The number of ether oxygens (including phenoxy) is 1. The average Bonchev–Trinajstić information content (AvgIpc) is 2.89. The number of amides is 1. The van der Waals surface area contributed by atoms with Gasteiger partial charge in [0, 0.05) is 30.2 Å². The minimum atomic E-state index is -0.176. The number of anilines is 2. The maximum absolute atomic E-state index is 12.3. The summed E-state index contributed by atoms with van der Waals surface area (Å²) < 4.78 is 6.93.